The first kappa shape index (κ1) is 9.07. The van der Waals surface area contributed by atoms with Crippen LogP contribution >= 0.6 is 0 Å². The molecule has 0 bridgehead atoms. The molecule has 1 aromatic rings. The van der Waals surface area contributed by atoms with Gasteiger partial charge in [-0.3, -0.25) is 4.68 Å². The maximum absolute atomic E-state index is 8.52. The lowest BCUT2D eigenvalue weighted by Crippen LogP contribution is -2.28. The van der Waals surface area contributed by atoms with Crippen molar-refractivity contribution in [3.63, 3.8) is 0 Å². The minimum Gasteiger partial charge on any atom is -0.396 e. The summed E-state index contributed by atoms with van der Waals surface area (Å²) in [5, 5.41) is 12.8. The van der Waals surface area contributed by atoms with E-state index in [0.717, 1.165) is 24.2 Å². The third-order valence-electron chi connectivity index (χ3n) is 3.02. The van der Waals surface area contributed by atoms with Crippen molar-refractivity contribution in [2.75, 3.05) is 5.73 Å². The summed E-state index contributed by atoms with van der Waals surface area (Å²) in [4.78, 5) is 0. The molecule has 0 amide bonds. The molecule has 0 atom stereocenters. The number of nitriles is 1. The Bertz CT molecular complexity index is 368. The van der Waals surface area contributed by atoms with Crippen molar-refractivity contribution in [1.82, 2.24) is 9.78 Å². The minimum atomic E-state index is 0.464. The highest BCUT2D eigenvalue weighted by atomic mass is 15.3. The molecule has 0 aromatic carbocycles. The fourth-order valence-corrected chi connectivity index (χ4v) is 2.00. The molecule has 1 aromatic heterocycles. The predicted molar refractivity (Wildman–Crippen MR) is 53.4 cm³/mol. The van der Waals surface area contributed by atoms with Crippen molar-refractivity contribution in [3.05, 3.63) is 11.9 Å². The van der Waals surface area contributed by atoms with Gasteiger partial charge in [0.15, 0.2) is 0 Å². The molecule has 0 unspecified atom stereocenters. The van der Waals surface area contributed by atoms with E-state index in [0.29, 0.717) is 18.4 Å². The van der Waals surface area contributed by atoms with Gasteiger partial charge in [-0.05, 0) is 25.7 Å². The SMILES string of the molecule is Cc1c(N)cnn1[C@H]1C[C@H](CC#N)C1. The molecule has 2 N–H and O–H groups in total. The van der Waals surface area contributed by atoms with Gasteiger partial charge in [-0.15, -0.1) is 0 Å². The van der Waals surface area contributed by atoms with Crippen molar-refractivity contribution in [3.8, 4) is 6.07 Å². The van der Waals surface area contributed by atoms with Crippen LogP contribution in [0.2, 0.25) is 0 Å². The van der Waals surface area contributed by atoms with Gasteiger partial charge in [-0.1, -0.05) is 0 Å². The standard InChI is InChI=1S/C10H14N4/c1-7-10(12)6-13-14(7)9-4-8(5-9)2-3-11/h6,8-9H,2,4-5,12H2,1H3/t8-,9-. The second-order valence-corrected chi connectivity index (χ2v) is 3.98. The van der Waals surface area contributed by atoms with Gasteiger partial charge in [0, 0.05) is 6.42 Å². The van der Waals surface area contributed by atoms with Gasteiger partial charge in [-0.2, -0.15) is 10.4 Å². The molecule has 1 fully saturated rings. The Balaban J connectivity index is 2.00. The normalized spacial score (nSPS) is 25.4. The number of anilines is 1. The largest absolute Gasteiger partial charge is 0.396 e. The molecule has 74 valence electrons. The van der Waals surface area contributed by atoms with E-state index < -0.39 is 0 Å². The molecule has 0 saturated heterocycles. The summed E-state index contributed by atoms with van der Waals surface area (Å²) in [6.45, 7) is 1.99. The van der Waals surface area contributed by atoms with Gasteiger partial charge >= 0.3 is 0 Å². The summed E-state index contributed by atoms with van der Waals surface area (Å²) in [6.07, 6.45) is 4.50. The number of hydrogen-bond acceptors (Lipinski definition) is 3. The van der Waals surface area contributed by atoms with Crippen molar-refractivity contribution >= 4 is 5.69 Å². The monoisotopic (exact) mass is 190 g/mol. The third-order valence-corrected chi connectivity index (χ3v) is 3.02. The Kier molecular flexibility index (Phi) is 2.16. The van der Waals surface area contributed by atoms with Gasteiger partial charge in [0.2, 0.25) is 0 Å². The van der Waals surface area contributed by atoms with Gasteiger partial charge in [0.05, 0.1) is 29.7 Å². The molecule has 14 heavy (non-hydrogen) atoms. The molecule has 1 aliphatic carbocycles. The number of rotatable bonds is 2. The zero-order chi connectivity index (χ0) is 10.1. The number of nitrogens with two attached hydrogens (primary N) is 1. The molecule has 1 aliphatic rings. The van der Waals surface area contributed by atoms with E-state index in [9.17, 15) is 0 Å². The highest BCUT2D eigenvalue weighted by Gasteiger charge is 2.31. The molecule has 4 heteroatoms. The van der Waals surface area contributed by atoms with Gasteiger partial charge in [0.1, 0.15) is 0 Å². The summed E-state index contributed by atoms with van der Waals surface area (Å²) in [5.74, 6) is 0.565. The summed E-state index contributed by atoms with van der Waals surface area (Å²) in [7, 11) is 0. The zero-order valence-corrected chi connectivity index (χ0v) is 8.27. The zero-order valence-electron chi connectivity index (χ0n) is 8.27. The van der Waals surface area contributed by atoms with Crippen molar-refractivity contribution in [1.29, 1.82) is 5.26 Å². The lowest BCUT2D eigenvalue weighted by atomic mass is 9.78. The average molecular weight is 190 g/mol. The number of nitrogens with zero attached hydrogens (tertiary/aromatic N) is 3. The molecular weight excluding hydrogens is 176 g/mol. The minimum absolute atomic E-state index is 0.464. The molecule has 1 saturated carbocycles. The first-order valence-corrected chi connectivity index (χ1v) is 4.89. The lowest BCUT2D eigenvalue weighted by Gasteiger charge is -2.34. The van der Waals surface area contributed by atoms with Crippen LogP contribution in [0.25, 0.3) is 0 Å². The maximum atomic E-state index is 8.52. The first-order chi connectivity index (χ1) is 6.72. The predicted octanol–water partition coefficient (Wildman–Crippen LogP) is 1.64. The molecular formula is C10H14N4. The van der Waals surface area contributed by atoms with Crippen LogP contribution in [0.15, 0.2) is 6.20 Å². The van der Waals surface area contributed by atoms with E-state index in [1.807, 2.05) is 11.6 Å². The fraction of sp³-hybridized carbons (Fsp3) is 0.600. The van der Waals surface area contributed by atoms with E-state index in [-0.39, 0.29) is 0 Å². The van der Waals surface area contributed by atoms with Crippen LogP contribution in [0.5, 0.6) is 0 Å². The number of hydrogen-bond donors (Lipinski definition) is 1. The molecule has 2 rings (SSSR count). The first-order valence-electron chi connectivity index (χ1n) is 4.89. The molecule has 4 nitrogen and oxygen atoms in total. The van der Waals surface area contributed by atoms with Gasteiger partial charge < -0.3 is 5.73 Å². The van der Waals surface area contributed by atoms with Crippen LogP contribution in [-0.4, -0.2) is 9.78 Å². The quantitative estimate of drug-likeness (QED) is 0.770. The van der Waals surface area contributed by atoms with Gasteiger partial charge in [-0.25, -0.2) is 0 Å². The Morgan fingerprint density at radius 1 is 1.71 bits per heavy atom. The number of nitrogen functional groups attached to an aromatic ring is 1. The number of aromatic nitrogens is 2. The summed E-state index contributed by atoms with van der Waals surface area (Å²) in [5.41, 5.74) is 7.52. The van der Waals surface area contributed by atoms with Crippen molar-refractivity contribution in [2.45, 2.75) is 32.2 Å². The van der Waals surface area contributed by atoms with Crippen molar-refractivity contribution < 1.29 is 0 Å². The highest BCUT2D eigenvalue weighted by molar-refractivity contribution is 5.40. The average Bonchev–Trinajstić information content (AvgIpc) is 2.41. The van der Waals surface area contributed by atoms with E-state index >= 15 is 0 Å². The van der Waals surface area contributed by atoms with Crippen molar-refractivity contribution in [2.24, 2.45) is 5.92 Å². The Morgan fingerprint density at radius 3 is 2.93 bits per heavy atom. The summed E-state index contributed by atoms with van der Waals surface area (Å²) in [6, 6.07) is 2.67. The van der Waals surface area contributed by atoms with Crippen LogP contribution in [0.4, 0.5) is 5.69 Å². The maximum Gasteiger partial charge on any atom is 0.0730 e. The molecule has 0 aliphatic heterocycles. The lowest BCUT2D eigenvalue weighted by molar-refractivity contribution is 0.184. The van der Waals surface area contributed by atoms with Crippen LogP contribution in [-0.2, 0) is 0 Å². The van der Waals surface area contributed by atoms with Crippen LogP contribution in [0, 0.1) is 24.2 Å². The second kappa shape index (κ2) is 3.33. The molecule has 0 radical (unpaired) electrons. The Labute approximate surface area is 83.3 Å². The Morgan fingerprint density at radius 2 is 2.43 bits per heavy atom. The van der Waals surface area contributed by atoms with Crippen LogP contribution in [0.1, 0.15) is 31.0 Å². The third kappa shape index (κ3) is 1.35. The summed E-state index contributed by atoms with van der Waals surface area (Å²) < 4.78 is 1.99. The smallest absolute Gasteiger partial charge is 0.0730 e. The van der Waals surface area contributed by atoms with E-state index in [1.54, 1.807) is 6.20 Å². The van der Waals surface area contributed by atoms with E-state index in [1.165, 1.54) is 0 Å². The van der Waals surface area contributed by atoms with E-state index in [2.05, 4.69) is 11.2 Å². The molecule has 1 heterocycles. The van der Waals surface area contributed by atoms with Gasteiger partial charge in [0.25, 0.3) is 0 Å². The van der Waals surface area contributed by atoms with E-state index in [4.69, 9.17) is 11.0 Å². The molecule has 0 spiro atoms. The van der Waals surface area contributed by atoms with Crippen LogP contribution in [0.3, 0.4) is 0 Å². The van der Waals surface area contributed by atoms with Crippen LogP contribution < -0.4 is 5.73 Å². The topological polar surface area (TPSA) is 67.6 Å². The summed E-state index contributed by atoms with van der Waals surface area (Å²) >= 11 is 0. The Hall–Kier alpha value is -1.50. The second-order valence-electron chi connectivity index (χ2n) is 3.98. The fourth-order valence-electron chi connectivity index (χ4n) is 2.00. The highest BCUT2D eigenvalue weighted by Crippen LogP contribution is 2.40.